The fraction of sp³-hybridized carbons (Fsp3) is 0.118. The maximum absolute atomic E-state index is 9.54. The van der Waals surface area contributed by atoms with Crippen molar-refractivity contribution in [3.05, 3.63) is 59.7 Å². The quantitative estimate of drug-likeness (QED) is 0.468. The molecule has 4 N–H and O–H groups in total. The number of phenols is 2. The van der Waals surface area contributed by atoms with Gasteiger partial charge >= 0.3 is 6.16 Å². The minimum absolute atomic E-state index is 0. The number of aliphatic imine (C=N–C) groups is 2. The van der Waals surface area contributed by atoms with Gasteiger partial charge < -0.3 is 20.4 Å². The topological polar surface area (TPSA) is 123 Å². The molecule has 2 rings (SSSR count). The number of carbonyl (C=O) groups is 1. The SMILES string of the molecule is O=C(O)O.Oc1ccccc1C=NCCN=Cc1ccccc1O.[Cr]. The van der Waals surface area contributed by atoms with E-state index in [0.29, 0.717) is 24.2 Å². The Bertz CT molecular complexity index is 660. The second kappa shape index (κ2) is 12.6. The van der Waals surface area contributed by atoms with E-state index in [1.54, 1.807) is 48.8 Å². The van der Waals surface area contributed by atoms with E-state index in [2.05, 4.69) is 9.98 Å². The molecule has 25 heavy (non-hydrogen) atoms. The number of hydrogen-bond acceptors (Lipinski definition) is 5. The number of nitrogens with zero attached hydrogens (tertiary/aromatic N) is 2. The van der Waals surface area contributed by atoms with Crippen molar-refractivity contribution < 1.29 is 42.6 Å². The molecule has 0 saturated carbocycles. The second-order valence-electron chi connectivity index (χ2n) is 4.47. The number of phenolic OH excluding ortho intramolecular Hbond substituents is 2. The van der Waals surface area contributed by atoms with Crippen LogP contribution in [0.5, 0.6) is 11.5 Å². The standard InChI is InChI=1S/C16H16N2O2.CH2O3.Cr/c19-15-7-3-1-5-13(15)11-17-9-10-18-12-14-6-2-4-8-16(14)20;2-1(3)4;/h1-8,11-12,19-20H,9-10H2;(H2,2,3,4);. The van der Waals surface area contributed by atoms with Gasteiger partial charge in [0.05, 0.1) is 13.1 Å². The van der Waals surface area contributed by atoms with Crippen molar-refractivity contribution in [1.82, 2.24) is 0 Å². The zero-order valence-electron chi connectivity index (χ0n) is 13.2. The molecule has 0 aromatic heterocycles. The molecule has 0 unspecified atom stereocenters. The molecule has 132 valence electrons. The molecule has 0 radical (unpaired) electrons. The molecule has 0 aliphatic rings. The van der Waals surface area contributed by atoms with Gasteiger partial charge in [0, 0.05) is 40.9 Å². The first-order chi connectivity index (χ1) is 11.5. The van der Waals surface area contributed by atoms with Crippen LogP contribution in [0.2, 0.25) is 0 Å². The largest absolute Gasteiger partial charge is 0.507 e. The number of carboxylic acid groups (broad SMARTS) is 2. The van der Waals surface area contributed by atoms with Gasteiger partial charge in [-0.2, -0.15) is 0 Å². The summed E-state index contributed by atoms with van der Waals surface area (Å²) in [4.78, 5) is 16.9. The molecular weight excluding hydrogens is 364 g/mol. The van der Waals surface area contributed by atoms with Crippen LogP contribution in [0.1, 0.15) is 11.1 Å². The van der Waals surface area contributed by atoms with E-state index in [4.69, 9.17) is 15.0 Å². The molecule has 0 bridgehead atoms. The fourth-order valence-corrected chi connectivity index (χ4v) is 1.63. The van der Waals surface area contributed by atoms with E-state index in [-0.39, 0.29) is 28.9 Å². The van der Waals surface area contributed by atoms with Gasteiger partial charge in [-0.25, -0.2) is 4.79 Å². The van der Waals surface area contributed by atoms with E-state index in [1.165, 1.54) is 0 Å². The van der Waals surface area contributed by atoms with Crippen LogP contribution in [0.15, 0.2) is 58.5 Å². The summed E-state index contributed by atoms with van der Waals surface area (Å²) in [5, 5.41) is 33.0. The summed E-state index contributed by atoms with van der Waals surface area (Å²) in [6.07, 6.45) is 1.43. The molecule has 7 nitrogen and oxygen atoms in total. The van der Waals surface area contributed by atoms with Crippen LogP contribution in [0.3, 0.4) is 0 Å². The Kier molecular flexibility index (Phi) is 11.2. The summed E-state index contributed by atoms with van der Waals surface area (Å²) in [6, 6.07) is 14.1. The summed E-state index contributed by atoms with van der Waals surface area (Å²) in [6.45, 7) is 1.05. The van der Waals surface area contributed by atoms with Crippen LogP contribution in [0, 0.1) is 0 Å². The number of aromatic hydroxyl groups is 2. The number of benzene rings is 2. The predicted octanol–water partition coefficient (Wildman–Crippen LogP) is 2.86. The van der Waals surface area contributed by atoms with Gasteiger partial charge in [-0.1, -0.05) is 24.3 Å². The molecule has 0 atom stereocenters. The Morgan fingerprint density at radius 3 is 1.44 bits per heavy atom. The van der Waals surface area contributed by atoms with E-state index >= 15 is 0 Å². The summed E-state index contributed by atoms with van der Waals surface area (Å²) in [7, 11) is 0. The molecule has 0 spiro atoms. The number of rotatable bonds is 5. The molecule has 0 amide bonds. The zero-order valence-corrected chi connectivity index (χ0v) is 14.5. The van der Waals surface area contributed by atoms with Crippen molar-refractivity contribution in [1.29, 1.82) is 0 Å². The zero-order chi connectivity index (χ0) is 17.8. The summed E-state index contributed by atoms with van der Waals surface area (Å²) < 4.78 is 0. The minimum atomic E-state index is -1.83. The third-order valence-electron chi connectivity index (χ3n) is 2.69. The van der Waals surface area contributed by atoms with Crippen LogP contribution in [0.4, 0.5) is 4.79 Å². The molecule has 8 heteroatoms. The second-order valence-corrected chi connectivity index (χ2v) is 4.47. The summed E-state index contributed by atoms with van der Waals surface area (Å²) in [5.74, 6) is 0.433. The van der Waals surface area contributed by atoms with Gasteiger partial charge in [0.25, 0.3) is 0 Å². The van der Waals surface area contributed by atoms with Gasteiger partial charge in [-0.3, -0.25) is 9.98 Å². The van der Waals surface area contributed by atoms with Crippen molar-refractivity contribution in [3.8, 4) is 11.5 Å². The Morgan fingerprint density at radius 1 is 0.800 bits per heavy atom. The van der Waals surface area contributed by atoms with Gasteiger partial charge in [0.2, 0.25) is 0 Å². The fourth-order valence-electron chi connectivity index (χ4n) is 1.63. The maximum Gasteiger partial charge on any atom is 0.503 e. The maximum atomic E-state index is 9.54. The third kappa shape index (κ3) is 9.81. The monoisotopic (exact) mass is 382 g/mol. The van der Waals surface area contributed by atoms with Crippen molar-refractivity contribution in [2.75, 3.05) is 13.1 Å². The molecular formula is C17H18CrN2O5. The molecule has 0 heterocycles. The van der Waals surface area contributed by atoms with Gasteiger partial charge in [0.1, 0.15) is 11.5 Å². The molecule has 0 saturated heterocycles. The first-order valence-electron chi connectivity index (χ1n) is 6.98. The number of para-hydroxylation sites is 2. The van der Waals surface area contributed by atoms with E-state index in [0.717, 1.165) is 0 Å². The first-order valence-corrected chi connectivity index (χ1v) is 6.98. The minimum Gasteiger partial charge on any atom is -0.507 e. The normalized spacial score (nSPS) is 10.1. The molecule has 0 aliphatic carbocycles. The number of hydrogen-bond donors (Lipinski definition) is 4. The Balaban J connectivity index is 0.00000104. The Hall–Kier alpha value is -2.82. The Morgan fingerprint density at radius 2 is 1.12 bits per heavy atom. The molecule has 0 aliphatic heterocycles. The molecule has 2 aromatic carbocycles. The smallest absolute Gasteiger partial charge is 0.503 e. The summed E-state index contributed by atoms with van der Waals surface area (Å²) in [5.41, 5.74) is 1.38. The van der Waals surface area contributed by atoms with E-state index in [1.807, 2.05) is 12.1 Å². The van der Waals surface area contributed by atoms with Crippen LogP contribution < -0.4 is 0 Å². The third-order valence-corrected chi connectivity index (χ3v) is 2.69. The van der Waals surface area contributed by atoms with Crippen molar-refractivity contribution in [2.45, 2.75) is 0 Å². The van der Waals surface area contributed by atoms with Crippen LogP contribution in [0.25, 0.3) is 0 Å². The van der Waals surface area contributed by atoms with Gasteiger partial charge in [0.15, 0.2) is 0 Å². The predicted molar refractivity (Wildman–Crippen MR) is 91.8 cm³/mol. The van der Waals surface area contributed by atoms with Crippen molar-refractivity contribution in [2.24, 2.45) is 9.98 Å². The van der Waals surface area contributed by atoms with Crippen LogP contribution in [-0.4, -0.2) is 52.1 Å². The van der Waals surface area contributed by atoms with E-state index in [9.17, 15) is 10.2 Å². The summed E-state index contributed by atoms with van der Waals surface area (Å²) >= 11 is 0. The molecule has 0 fully saturated rings. The first kappa shape index (κ1) is 22.2. The van der Waals surface area contributed by atoms with Crippen molar-refractivity contribution >= 4 is 18.6 Å². The van der Waals surface area contributed by atoms with Crippen molar-refractivity contribution in [3.63, 3.8) is 0 Å². The Labute approximate surface area is 155 Å². The molecule has 2 aromatic rings. The van der Waals surface area contributed by atoms with Crippen LogP contribution >= 0.6 is 0 Å². The van der Waals surface area contributed by atoms with Crippen LogP contribution in [-0.2, 0) is 17.4 Å². The van der Waals surface area contributed by atoms with Gasteiger partial charge in [-0.15, -0.1) is 0 Å². The van der Waals surface area contributed by atoms with Gasteiger partial charge in [-0.05, 0) is 24.3 Å². The average Bonchev–Trinajstić information content (AvgIpc) is 2.53. The average molecular weight is 382 g/mol. The van der Waals surface area contributed by atoms with E-state index < -0.39 is 6.16 Å².